The number of aliphatic hydroxyl groups excluding tert-OH is 1. The molecule has 7 aromatic rings. The Morgan fingerprint density at radius 2 is 1.38 bits per heavy atom. The van der Waals surface area contributed by atoms with Crippen LogP contribution in [-0.2, 0) is 40.8 Å². The molecule has 1 fully saturated rings. The van der Waals surface area contributed by atoms with Crippen molar-refractivity contribution in [1.82, 2.24) is 15.2 Å². The first kappa shape index (κ1) is 49.4. The molecule has 72 heavy (non-hydrogen) atoms. The number of rotatable bonds is 20. The van der Waals surface area contributed by atoms with Gasteiger partial charge in [-0.3, -0.25) is 14.5 Å². The van der Waals surface area contributed by atoms with E-state index >= 15 is 0 Å². The Morgan fingerprint density at radius 3 is 1.92 bits per heavy atom. The molecule has 9 rings (SSSR count). The molecule has 6 aromatic carbocycles. The van der Waals surface area contributed by atoms with Crippen molar-refractivity contribution in [2.45, 2.75) is 36.1 Å². The van der Waals surface area contributed by atoms with Crippen molar-refractivity contribution in [2.24, 2.45) is 5.16 Å². The lowest BCUT2D eigenvalue weighted by Gasteiger charge is -2.50. The molecule has 2 aliphatic heterocycles. The zero-order valence-corrected chi connectivity index (χ0v) is 41.4. The lowest BCUT2D eigenvalue weighted by Crippen LogP contribution is -2.71. The molecule has 2 amide bonds. The number of aromatic nitrogens is 1. The Kier molecular flexibility index (Phi) is 15.8. The average Bonchev–Trinajstić information content (AvgIpc) is 3.90. The van der Waals surface area contributed by atoms with Crippen molar-refractivity contribution in [1.29, 1.82) is 0 Å². The van der Waals surface area contributed by atoms with E-state index in [0.29, 0.717) is 22.3 Å². The number of benzene rings is 6. The Hall–Kier alpha value is -7.63. The van der Waals surface area contributed by atoms with Crippen LogP contribution in [-0.4, -0.2) is 81.0 Å². The highest BCUT2D eigenvalue weighted by Crippen LogP contribution is 2.43. The van der Waals surface area contributed by atoms with Gasteiger partial charge in [0.25, 0.3) is 11.8 Å². The highest BCUT2D eigenvalue weighted by molar-refractivity contribution is 8.00. The van der Waals surface area contributed by atoms with Crippen LogP contribution in [0.15, 0.2) is 198 Å². The van der Waals surface area contributed by atoms with Gasteiger partial charge in [-0.1, -0.05) is 169 Å². The number of thiazole rings is 1. The van der Waals surface area contributed by atoms with Crippen LogP contribution in [0.2, 0.25) is 0 Å². The van der Waals surface area contributed by atoms with Gasteiger partial charge < -0.3 is 34.8 Å². The summed E-state index contributed by atoms with van der Waals surface area (Å²) in [5.41, 5.74) is 5.24. The molecule has 0 bridgehead atoms. The molecule has 364 valence electrons. The summed E-state index contributed by atoms with van der Waals surface area (Å²) in [5, 5.41) is 22.5. The lowest BCUT2D eigenvalue weighted by molar-refractivity contribution is -0.153. The van der Waals surface area contributed by atoms with E-state index in [1.807, 2.05) is 176 Å². The van der Waals surface area contributed by atoms with E-state index < -0.39 is 47.4 Å². The number of β-lactam (4-membered cyclic amide) rings is 1. The molecular formula is C56H49N5O8S3. The second kappa shape index (κ2) is 23.1. The number of nitrogens with one attached hydrogen (secondary N) is 2. The number of thiocarbonyl (C=S) groups is 1. The number of thioether (sulfide) groups is 1. The Labute approximate surface area is 430 Å². The number of aliphatic hydroxyl groups is 1. The Morgan fingerprint density at radius 1 is 0.819 bits per heavy atom. The second-order valence-corrected chi connectivity index (χ2v) is 19.0. The molecule has 1 aromatic heterocycles. The van der Waals surface area contributed by atoms with Crippen LogP contribution in [0, 0.1) is 0 Å². The number of oxime groups is 1. The largest absolute Gasteiger partial charge is 0.497 e. The van der Waals surface area contributed by atoms with E-state index in [-0.39, 0.29) is 36.1 Å². The SMILES string of the molecule is COc1ccc(COC(=S)C2=C(CCO)CS[C@@H]3[C@H](NC(=O)/C(=N\OCC(=O)OC(c4ccccc4)c4ccccc4)c4csc(NC(c5ccccc5)(c5ccccc5)c5ccccc5)n4)C(=O)N23)cc1. The number of amides is 2. The first-order valence-corrected chi connectivity index (χ1v) is 25.4. The maximum absolute atomic E-state index is 14.7. The molecule has 0 aliphatic carbocycles. The summed E-state index contributed by atoms with van der Waals surface area (Å²) in [6.07, 6.45) is -0.462. The van der Waals surface area contributed by atoms with Crippen LogP contribution in [0.5, 0.6) is 5.75 Å². The maximum atomic E-state index is 14.7. The molecule has 0 radical (unpaired) electrons. The van der Waals surface area contributed by atoms with Gasteiger partial charge in [-0.15, -0.1) is 23.1 Å². The number of fused-ring (bicyclic) bond motifs is 1. The summed E-state index contributed by atoms with van der Waals surface area (Å²) in [6, 6.07) is 55.0. The van der Waals surface area contributed by atoms with Crippen LogP contribution in [0.3, 0.4) is 0 Å². The average molecular weight is 1020 g/mol. The van der Waals surface area contributed by atoms with Gasteiger partial charge >= 0.3 is 5.97 Å². The van der Waals surface area contributed by atoms with Crippen molar-refractivity contribution >= 4 is 69.0 Å². The summed E-state index contributed by atoms with van der Waals surface area (Å²) < 4.78 is 17.3. The van der Waals surface area contributed by atoms with E-state index in [1.165, 1.54) is 28.0 Å². The van der Waals surface area contributed by atoms with Crippen molar-refractivity contribution < 1.29 is 38.5 Å². The van der Waals surface area contributed by atoms with Gasteiger partial charge in [-0.2, -0.15) is 0 Å². The van der Waals surface area contributed by atoms with Crippen LogP contribution in [0.25, 0.3) is 0 Å². The zero-order valence-electron chi connectivity index (χ0n) is 39.0. The predicted molar refractivity (Wildman–Crippen MR) is 282 cm³/mol. The van der Waals surface area contributed by atoms with E-state index in [9.17, 15) is 19.5 Å². The number of carbonyl (C=O) groups excluding carboxylic acids is 3. The van der Waals surface area contributed by atoms with Crippen molar-refractivity contribution in [3.63, 3.8) is 0 Å². The summed E-state index contributed by atoms with van der Waals surface area (Å²) in [7, 11) is 1.59. The van der Waals surface area contributed by atoms with Gasteiger partial charge in [0.1, 0.15) is 35.0 Å². The Bertz CT molecular complexity index is 2920. The summed E-state index contributed by atoms with van der Waals surface area (Å²) in [5.74, 6) is -0.814. The van der Waals surface area contributed by atoms with Crippen LogP contribution in [0.1, 0.15) is 51.6 Å². The molecule has 1 saturated heterocycles. The molecule has 0 unspecified atom stereocenters. The quantitative estimate of drug-likeness (QED) is 0.0166. The van der Waals surface area contributed by atoms with Gasteiger partial charge in [0.2, 0.25) is 11.7 Å². The minimum atomic E-state index is -1.01. The minimum absolute atomic E-state index is 0.0992. The predicted octanol–water partition coefficient (Wildman–Crippen LogP) is 9.19. The smallest absolute Gasteiger partial charge is 0.347 e. The molecule has 2 aliphatic rings. The van der Waals surface area contributed by atoms with E-state index in [0.717, 1.165) is 39.0 Å². The van der Waals surface area contributed by atoms with Gasteiger partial charge in [-0.05, 0) is 69.7 Å². The third kappa shape index (κ3) is 10.8. The molecule has 3 heterocycles. The first-order chi connectivity index (χ1) is 35.3. The number of hydrogen-bond donors (Lipinski definition) is 3. The fourth-order valence-electron chi connectivity index (χ4n) is 8.63. The van der Waals surface area contributed by atoms with Crippen molar-refractivity contribution in [3.8, 4) is 5.75 Å². The molecule has 13 nitrogen and oxygen atoms in total. The number of methoxy groups -OCH3 is 1. The van der Waals surface area contributed by atoms with Gasteiger partial charge in [0, 0.05) is 17.7 Å². The number of hydrogen-bond acceptors (Lipinski definition) is 14. The van der Waals surface area contributed by atoms with Crippen molar-refractivity contribution in [2.75, 3.05) is 31.4 Å². The number of anilines is 1. The number of esters is 1. The Balaban J connectivity index is 0.999. The lowest BCUT2D eigenvalue weighted by atomic mass is 9.77. The number of nitrogens with zero attached hydrogens (tertiary/aromatic N) is 3. The van der Waals surface area contributed by atoms with Gasteiger partial charge in [0.15, 0.2) is 16.9 Å². The van der Waals surface area contributed by atoms with Crippen LogP contribution in [0.4, 0.5) is 5.13 Å². The van der Waals surface area contributed by atoms with Crippen molar-refractivity contribution in [3.05, 3.63) is 232 Å². The number of carbonyl (C=O) groups is 3. The standard InChI is InChI=1S/C56H49N5O8S3/c1-66-44-29-27-37(28-30-44)33-67-54(70)49-40(31-32-62)35-71-53-48(52(65)61(49)53)58-51(64)47(60-68-34-46(63)69-50(38-17-7-2-8-18-38)39-19-9-3-10-20-39)45-36-72-55(57-45)59-56(41-21-11-4-12-22-41,42-23-13-5-14-24-42)43-25-15-6-16-26-43/h2-30,36,48,50,53,62H,31-35H2,1H3,(H,57,59)(H,58,64)/b60-47-/t48-,53-/m1/s1. The normalized spacial score (nSPS) is 15.5. The minimum Gasteiger partial charge on any atom is -0.497 e. The molecule has 16 heteroatoms. The third-order valence-corrected chi connectivity index (χ3v) is 14.5. The maximum Gasteiger partial charge on any atom is 0.347 e. The second-order valence-electron chi connectivity index (χ2n) is 16.6. The molecule has 0 spiro atoms. The fraction of sp³-hybridized carbons (Fsp3) is 0.179. The highest BCUT2D eigenvalue weighted by Gasteiger charge is 2.54. The molecule has 3 N–H and O–H groups in total. The first-order valence-electron chi connectivity index (χ1n) is 23.1. The fourth-order valence-corrected chi connectivity index (χ4v) is 11.1. The van der Waals surface area contributed by atoms with Crippen LogP contribution < -0.4 is 15.4 Å². The monoisotopic (exact) mass is 1020 g/mol. The van der Waals surface area contributed by atoms with E-state index in [4.69, 9.17) is 36.3 Å². The highest BCUT2D eigenvalue weighted by atomic mass is 32.2. The van der Waals surface area contributed by atoms with E-state index in [1.54, 1.807) is 12.5 Å². The molecule has 2 atom stereocenters. The van der Waals surface area contributed by atoms with Gasteiger partial charge in [0.05, 0.1) is 12.8 Å². The third-order valence-electron chi connectivity index (χ3n) is 12.1. The molecule has 0 saturated carbocycles. The summed E-state index contributed by atoms with van der Waals surface area (Å²) in [6.45, 7) is -0.668. The summed E-state index contributed by atoms with van der Waals surface area (Å²) in [4.78, 5) is 54.6. The topological polar surface area (TPSA) is 161 Å². The van der Waals surface area contributed by atoms with E-state index in [2.05, 4.69) is 15.8 Å². The van der Waals surface area contributed by atoms with Crippen LogP contribution >= 0.6 is 35.3 Å². The summed E-state index contributed by atoms with van der Waals surface area (Å²) >= 11 is 8.46. The molecular weight excluding hydrogens is 967 g/mol. The number of ether oxygens (including phenoxy) is 3. The zero-order chi connectivity index (χ0) is 49.9. The van der Waals surface area contributed by atoms with Gasteiger partial charge in [-0.25, -0.2) is 9.78 Å².